The summed E-state index contributed by atoms with van der Waals surface area (Å²) in [6.45, 7) is 5.87. The van der Waals surface area contributed by atoms with Gasteiger partial charge in [0.15, 0.2) is 0 Å². The second-order valence-electron chi connectivity index (χ2n) is 6.70. The lowest BCUT2D eigenvalue weighted by Crippen LogP contribution is -2.53. The molecule has 0 aromatic carbocycles. The van der Waals surface area contributed by atoms with Crippen molar-refractivity contribution >= 4 is 5.91 Å². The van der Waals surface area contributed by atoms with Gasteiger partial charge in [0, 0.05) is 13.1 Å². The Morgan fingerprint density at radius 2 is 1.94 bits per heavy atom. The second kappa shape index (κ2) is 5.20. The number of carbonyl (C=O) groups excluding carboxylic acids is 1. The molecule has 1 saturated heterocycles. The Morgan fingerprint density at radius 1 is 1.28 bits per heavy atom. The van der Waals surface area contributed by atoms with E-state index in [1.54, 1.807) is 0 Å². The van der Waals surface area contributed by atoms with Crippen LogP contribution in [0.3, 0.4) is 0 Å². The van der Waals surface area contributed by atoms with Crippen LogP contribution in [0.1, 0.15) is 65.2 Å². The normalized spacial score (nSPS) is 26.3. The van der Waals surface area contributed by atoms with Gasteiger partial charge in [0.05, 0.1) is 5.54 Å². The monoisotopic (exact) mass is 252 g/mol. The molecule has 1 heterocycles. The lowest BCUT2D eigenvalue weighted by molar-refractivity contribution is -0.136. The van der Waals surface area contributed by atoms with Crippen molar-refractivity contribution in [2.75, 3.05) is 13.1 Å². The number of hydrogen-bond donors (Lipinski definition) is 1. The van der Waals surface area contributed by atoms with Crippen molar-refractivity contribution in [3.63, 3.8) is 0 Å². The van der Waals surface area contributed by atoms with Gasteiger partial charge in [-0.05, 0) is 38.0 Å². The predicted octanol–water partition coefficient (Wildman–Crippen LogP) is 2.69. The SMILES string of the molecule is CCCC(C)(N)C(=O)N1CCC2(CCCCC2)C1. The summed E-state index contributed by atoms with van der Waals surface area (Å²) >= 11 is 0. The molecule has 1 amide bonds. The Balaban J connectivity index is 1.97. The van der Waals surface area contributed by atoms with E-state index in [1.807, 2.05) is 11.8 Å². The maximum absolute atomic E-state index is 12.5. The van der Waals surface area contributed by atoms with Crippen molar-refractivity contribution in [1.29, 1.82) is 0 Å². The molecule has 1 spiro atoms. The first kappa shape index (κ1) is 13.9. The van der Waals surface area contributed by atoms with E-state index in [1.165, 1.54) is 38.5 Å². The second-order valence-corrected chi connectivity index (χ2v) is 6.70. The first-order valence-electron chi connectivity index (χ1n) is 7.57. The van der Waals surface area contributed by atoms with E-state index >= 15 is 0 Å². The molecule has 1 saturated carbocycles. The van der Waals surface area contributed by atoms with E-state index in [9.17, 15) is 4.79 Å². The maximum atomic E-state index is 12.5. The molecule has 3 nitrogen and oxygen atoms in total. The Hall–Kier alpha value is -0.570. The van der Waals surface area contributed by atoms with Gasteiger partial charge in [-0.2, -0.15) is 0 Å². The molecule has 1 atom stereocenters. The molecule has 0 aromatic rings. The summed E-state index contributed by atoms with van der Waals surface area (Å²) in [7, 11) is 0. The minimum absolute atomic E-state index is 0.173. The van der Waals surface area contributed by atoms with Gasteiger partial charge < -0.3 is 10.6 Å². The summed E-state index contributed by atoms with van der Waals surface area (Å²) in [6.07, 6.45) is 9.64. The van der Waals surface area contributed by atoms with E-state index in [0.717, 1.165) is 25.9 Å². The summed E-state index contributed by atoms with van der Waals surface area (Å²) in [5, 5.41) is 0. The van der Waals surface area contributed by atoms with Gasteiger partial charge in [-0.3, -0.25) is 4.79 Å². The molecule has 2 N–H and O–H groups in total. The van der Waals surface area contributed by atoms with Crippen molar-refractivity contribution in [1.82, 2.24) is 4.90 Å². The lowest BCUT2D eigenvalue weighted by atomic mass is 9.73. The zero-order valence-corrected chi connectivity index (χ0v) is 12.0. The molecule has 18 heavy (non-hydrogen) atoms. The number of nitrogens with two attached hydrogens (primary N) is 1. The molecule has 104 valence electrons. The Kier molecular flexibility index (Phi) is 4.00. The molecule has 0 bridgehead atoms. The fourth-order valence-corrected chi connectivity index (χ4v) is 3.81. The van der Waals surface area contributed by atoms with Crippen LogP contribution in [-0.4, -0.2) is 29.4 Å². The molecular weight excluding hydrogens is 224 g/mol. The number of carbonyl (C=O) groups is 1. The first-order valence-corrected chi connectivity index (χ1v) is 7.57. The van der Waals surface area contributed by atoms with Gasteiger partial charge in [-0.1, -0.05) is 32.6 Å². The van der Waals surface area contributed by atoms with Crippen LogP contribution in [0.25, 0.3) is 0 Å². The quantitative estimate of drug-likeness (QED) is 0.839. The molecule has 0 radical (unpaired) electrons. The number of hydrogen-bond acceptors (Lipinski definition) is 2. The van der Waals surface area contributed by atoms with E-state index < -0.39 is 5.54 Å². The molecule has 2 aliphatic rings. The standard InChI is InChI=1S/C15H28N2O/c1-3-7-14(2,16)13(18)17-11-10-15(12-17)8-5-4-6-9-15/h3-12,16H2,1-2H3. The van der Waals surface area contributed by atoms with E-state index in [0.29, 0.717) is 5.41 Å². The highest BCUT2D eigenvalue weighted by Crippen LogP contribution is 2.44. The maximum Gasteiger partial charge on any atom is 0.242 e. The number of nitrogens with zero attached hydrogens (tertiary/aromatic N) is 1. The fraction of sp³-hybridized carbons (Fsp3) is 0.933. The average molecular weight is 252 g/mol. The van der Waals surface area contributed by atoms with Gasteiger partial charge in [0.1, 0.15) is 0 Å². The zero-order valence-electron chi connectivity index (χ0n) is 12.0. The van der Waals surface area contributed by atoms with Crippen LogP contribution in [0.2, 0.25) is 0 Å². The molecular formula is C15H28N2O. The predicted molar refractivity (Wildman–Crippen MR) is 74.2 cm³/mol. The van der Waals surface area contributed by atoms with Crippen molar-refractivity contribution in [3.05, 3.63) is 0 Å². The number of amides is 1. The largest absolute Gasteiger partial charge is 0.341 e. The Labute approximate surface area is 111 Å². The van der Waals surface area contributed by atoms with Crippen LogP contribution >= 0.6 is 0 Å². The van der Waals surface area contributed by atoms with Crippen molar-refractivity contribution in [2.45, 2.75) is 70.8 Å². The average Bonchev–Trinajstić information content (AvgIpc) is 2.73. The zero-order chi connectivity index (χ0) is 13.2. The number of rotatable bonds is 3. The van der Waals surface area contributed by atoms with Gasteiger partial charge in [-0.15, -0.1) is 0 Å². The minimum Gasteiger partial charge on any atom is -0.341 e. The molecule has 3 heteroatoms. The Bertz CT molecular complexity index is 306. The summed E-state index contributed by atoms with van der Waals surface area (Å²) in [4.78, 5) is 14.5. The highest BCUT2D eigenvalue weighted by atomic mass is 16.2. The van der Waals surface area contributed by atoms with E-state index in [2.05, 4.69) is 6.92 Å². The summed E-state index contributed by atoms with van der Waals surface area (Å²) in [6, 6.07) is 0. The lowest BCUT2D eigenvalue weighted by Gasteiger charge is -2.34. The fourth-order valence-electron chi connectivity index (χ4n) is 3.81. The van der Waals surface area contributed by atoms with Crippen LogP contribution in [0.5, 0.6) is 0 Å². The highest BCUT2D eigenvalue weighted by Gasteiger charge is 2.43. The van der Waals surface area contributed by atoms with Gasteiger partial charge in [0.2, 0.25) is 5.91 Å². The highest BCUT2D eigenvalue weighted by molar-refractivity contribution is 5.86. The summed E-state index contributed by atoms with van der Waals surface area (Å²) in [5.41, 5.74) is 5.96. The first-order chi connectivity index (χ1) is 8.49. The van der Waals surface area contributed by atoms with Crippen LogP contribution in [0.15, 0.2) is 0 Å². The van der Waals surface area contributed by atoms with Crippen molar-refractivity contribution < 1.29 is 4.79 Å². The third kappa shape index (κ3) is 2.71. The van der Waals surface area contributed by atoms with Crippen LogP contribution < -0.4 is 5.73 Å². The molecule has 1 unspecified atom stereocenters. The summed E-state index contributed by atoms with van der Waals surface area (Å²) < 4.78 is 0. The Morgan fingerprint density at radius 3 is 2.56 bits per heavy atom. The third-order valence-electron chi connectivity index (χ3n) is 4.90. The van der Waals surface area contributed by atoms with Crippen LogP contribution in [0, 0.1) is 5.41 Å². The van der Waals surface area contributed by atoms with Crippen LogP contribution in [-0.2, 0) is 4.79 Å². The minimum atomic E-state index is -0.658. The van der Waals surface area contributed by atoms with Gasteiger partial charge in [0.25, 0.3) is 0 Å². The van der Waals surface area contributed by atoms with E-state index in [-0.39, 0.29) is 5.91 Å². The number of likely N-dealkylation sites (tertiary alicyclic amines) is 1. The van der Waals surface area contributed by atoms with Gasteiger partial charge >= 0.3 is 0 Å². The molecule has 2 rings (SSSR count). The third-order valence-corrected chi connectivity index (χ3v) is 4.90. The van der Waals surface area contributed by atoms with Gasteiger partial charge in [-0.25, -0.2) is 0 Å². The molecule has 1 aliphatic heterocycles. The molecule has 0 aromatic heterocycles. The van der Waals surface area contributed by atoms with Crippen molar-refractivity contribution in [3.8, 4) is 0 Å². The topological polar surface area (TPSA) is 46.3 Å². The molecule has 1 aliphatic carbocycles. The molecule has 2 fully saturated rings. The van der Waals surface area contributed by atoms with Crippen molar-refractivity contribution in [2.24, 2.45) is 11.1 Å². The van der Waals surface area contributed by atoms with E-state index in [4.69, 9.17) is 5.73 Å². The smallest absolute Gasteiger partial charge is 0.242 e. The van der Waals surface area contributed by atoms with Crippen LogP contribution in [0.4, 0.5) is 0 Å². The summed E-state index contributed by atoms with van der Waals surface area (Å²) in [5.74, 6) is 0.173.